The second kappa shape index (κ2) is 10.2. The van der Waals surface area contributed by atoms with Crippen LogP contribution in [0.1, 0.15) is 25.3 Å². The Morgan fingerprint density at radius 3 is 2.44 bits per heavy atom. The van der Waals surface area contributed by atoms with Crippen LogP contribution in [0.15, 0.2) is 57.9 Å². The fraction of sp³-hybridized carbons (Fsp3) is 0.316. The molecule has 0 aliphatic heterocycles. The van der Waals surface area contributed by atoms with Crippen molar-refractivity contribution in [2.24, 2.45) is 0 Å². The predicted molar refractivity (Wildman–Crippen MR) is 111 cm³/mol. The van der Waals surface area contributed by atoms with Gasteiger partial charge < -0.3 is 5.32 Å². The Morgan fingerprint density at radius 2 is 1.81 bits per heavy atom. The van der Waals surface area contributed by atoms with Crippen molar-refractivity contribution < 1.29 is 13.2 Å². The van der Waals surface area contributed by atoms with E-state index < -0.39 is 10.0 Å². The molecule has 0 spiro atoms. The standard InChI is InChI=1S/C19H22BrClN2O3S/c1-2-3-12-22-19(24)14-23(13-15-6-4-5-7-18(15)21)27(25,26)17-10-8-16(20)9-11-17/h4-11H,2-3,12-14H2,1H3,(H,22,24). The SMILES string of the molecule is CCCCNC(=O)CN(Cc1ccccc1Cl)S(=O)(=O)c1ccc(Br)cc1. The van der Waals surface area contributed by atoms with E-state index >= 15 is 0 Å². The van der Waals surface area contributed by atoms with Crippen molar-refractivity contribution in [1.29, 1.82) is 0 Å². The molecule has 0 fully saturated rings. The summed E-state index contributed by atoms with van der Waals surface area (Å²) in [6.45, 7) is 2.29. The van der Waals surface area contributed by atoms with Crippen molar-refractivity contribution in [3.05, 3.63) is 63.6 Å². The van der Waals surface area contributed by atoms with Gasteiger partial charge in [-0.15, -0.1) is 0 Å². The molecule has 27 heavy (non-hydrogen) atoms. The second-order valence-corrected chi connectivity index (χ2v) is 9.28. The quantitative estimate of drug-likeness (QED) is 0.555. The number of hydrogen-bond acceptors (Lipinski definition) is 3. The largest absolute Gasteiger partial charge is 0.355 e. The number of benzene rings is 2. The Labute approximate surface area is 173 Å². The highest BCUT2D eigenvalue weighted by Gasteiger charge is 2.27. The first kappa shape index (κ1) is 21.9. The first-order valence-electron chi connectivity index (χ1n) is 8.60. The van der Waals surface area contributed by atoms with Crippen LogP contribution in [0.5, 0.6) is 0 Å². The average Bonchev–Trinajstić information content (AvgIpc) is 2.63. The Balaban J connectivity index is 2.29. The van der Waals surface area contributed by atoms with Gasteiger partial charge in [-0.25, -0.2) is 8.42 Å². The molecular weight excluding hydrogens is 452 g/mol. The smallest absolute Gasteiger partial charge is 0.243 e. The Kier molecular flexibility index (Phi) is 8.28. The summed E-state index contributed by atoms with van der Waals surface area (Å²) >= 11 is 9.49. The minimum Gasteiger partial charge on any atom is -0.355 e. The molecule has 0 unspecified atom stereocenters. The highest BCUT2D eigenvalue weighted by molar-refractivity contribution is 9.10. The number of nitrogens with zero attached hydrogens (tertiary/aromatic N) is 1. The minimum absolute atomic E-state index is 0.0132. The van der Waals surface area contributed by atoms with Crippen LogP contribution < -0.4 is 5.32 Å². The van der Waals surface area contributed by atoms with E-state index in [-0.39, 0.29) is 23.9 Å². The lowest BCUT2D eigenvalue weighted by Gasteiger charge is -2.22. The number of unbranched alkanes of at least 4 members (excludes halogenated alkanes) is 1. The summed E-state index contributed by atoms with van der Waals surface area (Å²) in [5.41, 5.74) is 0.640. The average molecular weight is 474 g/mol. The van der Waals surface area contributed by atoms with E-state index in [0.717, 1.165) is 21.6 Å². The molecule has 146 valence electrons. The van der Waals surface area contributed by atoms with Crippen LogP contribution in [0.25, 0.3) is 0 Å². The number of halogens is 2. The molecule has 0 saturated heterocycles. The van der Waals surface area contributed by atoms with Gasteiger partial charge in [-0.2, -0.15) is 4.31 Å². The monoisotopic (exact) mass is 472 g/mol. The third-order valence-corrected chi connectivity index (χ3v) is 6.63. The number of rotatable bonds is 9. The Hall–Kier alpha value is -1.41. The van der Waals surface area contributed by atoms with E-state index in [0.29, 0.717) is 17.1 Å². The minimum atomic E-state index is -3.87. The van der Waals surface area contributed by atoms with Crippen LogP contribution in [0.2, 0.25) is 5.02 Å². The number of sulfonamides is 1. The second-order valence-electron chi connectivity index (χ2n) is 6.02. The first-order valence-corrected chi connectivity index (χ1v) is 11.2. The molecule has 1 N–H and O–H groups in total. The van der Waals surface area contributed by atoms with Gasteiger partial charge in [0.15, 0.2) is 0 Å². The lowest BCUT2D eigenvalue weighted by molar-refractivity contribution is -0.121. The van der Waals surface area contributed by atoms with E-state index in [1.54, 1.807) is 36.4 Å². The normalized spacial score (nSPS) is 11.6. The number of carbonyl (C=O) groups excluding carboxylic acids is 1. The van der Waals surface area contributed by atoms with Crippen molar-refractivity contribution in [1.82, 2.24) is 9.62 Å². The summed E-state index contributed by atoms with van der Waals surface area (Å²) in [4.78, 5) is 12.4. The van der Waals surface area contributed by atoms with Gasteiger partial charge in [0, 0.05) is 22.6 Å². The fourth-order valence-electron chi connectivity index (χ4n) is 2.42. The summed E-state index contributed by atoms with van der Waals surface area (Å²) in [7, 11) is -3.87. The molecule has 0 aliphatic carbocycles. The maximum absolute atomic E-state index is 13.1. The summed E-state index contributed by atoms with van der Waals surface area (Å²) in [5, 5.41) is 3.22. The lowest BCUT2D eigenvalue weighted by Crippen LogP contribution is -2.40. The van der Waals surface area contributed by atoms with Crippen molar-refractivity contribution in [3.63, 3.8) is 0 Å². The zero-order valence-corrected chi connectivity index (χ0v) is 18.1. The molecule has 5 nitrogen and oxygen atoms in total. The highest BCUT2D eigenvalue weighted by Crippen LogP contribution is 2.23. The van der Waals surface area contributed by atoms with E-state index in [2.05, 4.69) is 21.2 Å². The molecule has 0 aliphatic rings. The van der Waals surface area contributed by atoms with Crippen molar-refractivity contribution in [2.45, 2.75) is 31.2 Å². The maximum Gasteiger partial charge on any atom is 0.243 e. The number of hydrogen-bond donors (Lipinski definition) is 1. The van der Waals surface area contributed by atoms with Crippen LogP contribution in [0, 0.1) is 0 Å². The third kappa shape index (κ3) is 6.31. The molecule has 1 amide bonds. The van der Waals surface area contributed by atoms with Gasteiger partial charge in [0.05, 0.1) is 11.4 Å². The van der Waals surface area contributed by atoms with E-state index in [9.17, 15) is 13.2 Å². The van der Waals surface area contributed by atoms with Gasteiger partial charge in [-0.05, 0) is 42.3 Å². The molecule has 0 bridgehead atoms. The number of carbonyl (C=O) groups is 1. The molecule has 2 rings (SSSR count). The van der Waals surface area contributed by atoms with Gasteiger partial charge in [-0.3, -0.25) is 4.79 Å². The zero-order valence-electron chi connectivity index (χ0n) is 15.0. The fourth-order valence-corrected chi connectivity index (χ4v) is 4.25. The Bertz CT molecular complexity index is 873. The van der Waals surface area contributed by atoms with E-state index in [4.69, 9.17) is 11.6 Å². The molecule has 0 radical (unpaired) electrons. The van der Waals surface area contributed by atoms with Gasteiger partial charge in [0.1, 0.15) is 0 Å². The van der Waals surface area contributed by atoms with Crippen LogP contribution in [-0.2, 0) is 21.4 Å². The lowest BCUT2D eigenvalue weighted by atomic mass is 10.2. The summed E-state index contributed by atoms with van der Waals surface area (Å²) < 4.78 is 28.2. The van der Waals surface area contributed by atoms with Crippen LogP contribution in [0.4, 0.5) is 0 Å². The van der Waals surface area contributed by atoms with Gasteiger partial charge >= 0.3 is 0 Å². The topological polar surface area (TPSA) is 66.5 Å². The van der Waals surface area contributed by atoms with E-state index in [1.165, 1.54) is 12.1 Å². The van der Waals surface area contributed by atoms with Crippen molar-refractivity contribution >= 4 is 43.5 Å². The summed E-state index contributed by atoms with van der Waals surface area (Å²) in [6.07, 6.45) is 1.79. The number of nitrogens with one attached hydrogen (secondary N) is 1. The molecule has 0 saturated carbocycles. The number of amides is 1. The first-order chi connectivity index (χ1) is 12.8. The van der Waals surface area contributed by atoms with Crippen LogP contribution >= 0.6 is 27.5 Å². The summed E-state index contributed by atoms with van der Waals surface area (Å²) in [5.74, 6) is -0.337. The molecule has 0 aromatic heterocycles. The van der Waals surface area contributed by atoms with Crippen molar-refractivity contribution in [3.8, 4) is 0 Å². The van der Waals surface area contributed by atoms with Gasteiger partial charge in [0.25, 0.3) is 0 Å². The zero-order chi connectivity index (χ0) is 19.9. The molecular formula is C19H22BrClN2O3S. The highest BCUT2D eigenvalue weighted by atomic mass is 79.9. The van der Waals surface area contributed by atoms with Crippen LogP contribution in [0.3, 0.4) is 0 Å². The predicted octanol–water partition coefficient (Wildman–Crippen LogP) is 4.21. The molecule has 0 heterocycles. The molecule has 0 atom stereocenters. The third-order valence-electron chi connectivity index (χ3n) is 3.93. The molecule has 8 heteroatoms. The van der Waals surface area contributed by atoms with Gasteiger partial charge in [0.2, 0.25) is 15.9 Å². The van der Waals surface area contributed by atoms with Crippen LogP contribution in [-0.4, -0.2) is 31.7 Å². The van der Waals surface area contributed by atoms with Crippen molar-refractivity contribution in [2.75, 3.05) is 13.1 Å². The van der Waals surface area contributed by atoms with Gasteiger partial charge in [-0.1, -0.05) is 59.1 Å². The molecule has 2 aromatic carbocycles. The van der Waals surface area contributed by atoms with E-state index in [1.807, 2.05) is 6.92 Å². The Morgan fingerprint density at radius 1 is 1.15 bits per heavy atom. The maximum atomic E-state index is 13.1. The molecule has 2 aromatic rings. The summed E-state index contributed by atoms with van der Waals surface area (Å²) in [6, 6.07) is 13.3.